The number of halogens is 1. The van der Waals surface area contributed by atoms with E-state index >= 15 is 0 Å². The Morgan fingerprint density at radius 3 is 2.97 bits per heavy atom. The second kappa shape index (κ2) is 6.90. The Morgan fingerprint density at radius 2 is 2.20 bits per heavy atom. The number of hydrogen-bond donors (Lipinski definition) is 1. The maximum absolute atomic E-state index is 13.2. The number of nitrogens with zero attached hydrogens (tertiary/aromatic N) is 5. The van der Waals surface area contributed by atoms with E-state index in [0.717, 1.165) is 5.56 Å². The van der Waals surface area contributed by atoms with Crippen LogP contribution in [0.25, 0.3) is 16.9 Å². The second-order valence-electron chi connectivity index (χ2n) is 7.12. The van der Waals surface area contributed by atoms with Crippen molar-refractivity contribution in [3.05, 3.63) is 53.8 Å². The highest BCUT2D eigenvalue weighted by molar-refractivity contribution is 6.09. The molecule has 0 bridgehead atoms. The largest absolute Gasteiger partial charge is 0.480 e. The molecule has 0 spiro atoms. The Morgan fingerprint density at radius 1 is 1.37 bits per heavy atom. The highest BCUT2D eigenvalue weighted by Gasteiger charge is 2.43. The third kappa shape index (κ3) is 3.15. The predicted octanol–water partition coefficient (Wildman–Crippen LogP) is 3.17. The molecule has 3 aromatic heterocycles. The molecule has 152 valence electrons. The number of rotatable bonds is 5. The van der Waals surface area contributed by atoms with E-state index < -0.39 is 6.17 Å². The van der Waals surface area contributed by atoms with E-state index in [1.54, 1.807) is 12.3 Å². The lowest BCUT2D eigenvalue weighted by Crippen LogP contribution is -2.12. The highest BCUT2D eigenvalue weighted by atomic mass is 19.1. The lowest BCUT2D eigenvalue weighted by molar-refractivity contribution is 0.102. The number of hydrogen-bond acceptors (Lipinski definition) is 7. The van der Waals surface area contributed by atoms with Crippen molar-refractivity contribution in [3.8, 4) is 17.3 Å². The number of carbonyl (C=O) groups is 1. The fourth-order valence-electron chi connectivity index (χ4n) is 3.15. The highest BCUT2D eigenvalue weighted by Crippen LogP contribution is 2.43. The van der Waals surface area contributed by atoms with Crippen molar-refractivity contribution in [1.82, 2.24) is 24.7 Å². The van der Waals surface area contributed by atoms with Gasteiger partial charge in [-0.1, -0.05) is 17.3 Å². The number of nitrogens with one attached hydrogen (secondary N) is 1. The Kier molecular flexibility index (Phi) is 4.19. The molecular formula is C20H17FN6O3. The lowest BCUT2D eigenvalue weighted by Gasteiger charge is -2.09. The van der Waals surface area contributed by atoms with E-state index in [1.807, 2.05) is 19.1 Å². The van der Waals surface area contributed by atoms with Crippen molar-refractivity contribution in [3.63, 3.8) is 0 Å². The summed E-state index contributed by atoms with van der Waals surface area (Å²) < 4.78 is 25.0. The number of ether oxygens (including phenoxy) is 1. The van der Waals surface area contributed by atoms with Crippen LogP contribution in [0.4, 0.5) is 10.1 Å². The molecule has 1 saturated carbocycles. The predicted molar refractivity (Wildman–Crippen MR) is 104 cm³/mol. The number of aromatic nitrogens is 5. The van der Waals surface area contributed by atoms with Gasteiger partial charge in [-0.25, -0.2) is 13.9 Å². The molecule has 1 fully saturated rings. The summed E-state index contributed by atoms with van der Waals surface area (Å²) in [6.07, 6.45) is 4.09. The van der Waals surface area contributed by atoms with Gasteiger partial charge in [0, 0.05) is 11.3 Å². The summed E-state index contributed by atoms with van der Waals surface area (Å²) in [5, 5.41) is 11.0. The average Bonchev–Trinajstić information content (AvgIpc) is 3.15. The minimum absolute atomic E-state index is 0.304. The number of methoxy groups -OCH3 is 1. The quantitative estimate of drug-likeness (QED) is 0.540. The third-order valence-electron chi connectivity index (χ3n) is 5.05. The first-order valence-electron chi connectivity index (χ1n) is 9.31. The molecule has 2 atom stereocenters. The molecule has 0 aliphatic heterocycles. The van der Waals surface area contributed by atoms with Gasteiger partial charge in [0.25, 0.3) is 5.91 Å². The van der Waals surface area contributed by atoms with Crippen LogP contribution in [0.15, 0.2) is 41.3 Å². The van der Waals surface area contributed by atoms with Crippen LogP contribution in [-0.2, 0) is 0 Å². The Balaban J connectivity index is 1.41. The molecule has 0 radical (unpaired) electrons. The van der Waals surface area contributed by atoms with Gasteiger partial charge in [-0.05, 0) is 25.0 Å². The van der Waals surface area contributed by atoms with Crippen LogP contribution in [0.1, 0.15) is 34.2 Å². The number of anilines is 1. The van der Waals surface area contributed by atoms with Gasteiger partial charge in [0.15, 0.2) is 0 Å². The molecule has 10 heteroatoms. The van der Waals surface area contributed by atoms with Crippen LogP contribution in [-0.4, -0.2) is 43.9 Å². The summed E-state index contributed by atoms with van der Waals surface area (Å²) in [6.45, 7) is 1.88. The normalized spacial score (nSPS) is 17.8. The smallest absolute Gasteiger partial charge is 0.259 e. The summed E-state index contributed by atoms with van der Waals surface area (Å²) in [5.41, 5.74) is 3.04. The van der Waals surface area contributed by atoms with Crippen molar-refractivity contribution >= 4 is 17.1 Å². The van der Waals surface area contributed by atoms with Gasteiger partial charge in [-0.3, -0.25) is 4.79 Å². The fourth-order valence-corrected chi connectivity index (χ4v) is 3.15. The summed E-state index contributed by atoms with van der Waals surface area (Å²) in [6, 6.07) is 5.43. The van der Waals surface area contributed by atoms with Crippen molar-refractivity contribution in [2.24, 2.45) is 0 Å². The molecule has 3 heterocycles. The van der Waals surface area contributed by atoms with Gasteiger partial charge in [-0.15, -0.1) is 0 Å². The van der Waals surface area contributed by atoms with Crippen LogP contribution in [0, 0.1) is 6.92 Å². The number of aryl methyl sites for hydroxylation is 1. The maximum Gasteiger partial charge on any atom is 0.259 e. The zero-order valence-corrected chi connectivity index (χ0v) is 16.2. The van der Waals surface area contributed by atoms with Crippen molar-refractivity contribution in [1.29, 1.82) is 0 Å². The fraction of sp³-hybridized carbons (Fsp3) is 0.250. The topological polar surface area (TPSA) is 107 Å². The monoisotopic (exact) mass is 408 g/mol. The zero-order chi connectivity index (χ0) is 20.8. The first-order chi connectivity index (χ1) is 14.5. The Hall–Kier alpha value is -3.82. The SMILES string of the molecule is COc1cn2ncc(C(=O)Nc3cc(-c4noc([C@H]5C[C@@H]5F)n4)ccc3C)c2cn1. The molecule has 1 aliphatic carbocycles. The number of alkyl halides is 1. The van der Waals surface area contributed by atoms with Crippen LogP contribution < -0.4 is 10.1 Å². The van der Waals surface area contributed by atoms with Gasteiger partial charge >= 0.3 is 0 Å². The van der Waals surface area contributed by atoms with E-state index in [-0.39, 0.29) is 11.8 Å². The minimum Gasteiger partial charge on any atom is -0.480 e. The van der Waals surface area contributed by atoms with E-state index in [4.69, 9.17) is 9.26 Å². The molecular weight excluding hydrogens is 391 g/mol. The molecule has 4 aromatic rings. The Labute approximate surface area is 169 Å². The van der Waals surface area contributed by atoms with Gasteiger partial charge in [0.05, 0.1) is 42.7 Å². The van der Waals surface area contributed by atoms with E-state index in [0.29, 0.717) is 46.3 Å². The number of amides is 1. The summed E-state index contributed by atoms with van der Waals surface area (Å²) in [5.74, 6) is 0.415. The van der Waals surface area contributed by atoms with Crippen LogP contribution in [0.2, 0.25) is 0 Å². The zero-order valence-electron chi connectivity index (χ0n) is 16.2. The third-order valence-corrected chi connectivity index (χ3v) is 5.05. The molecule has 5 rings (SSSR count). The van der Waals surface area contributed by atoms with Crippen LogP contribution >= 0.6 is 0 Å². The first-order valence-corrected chi connectivity index (χ1v) is 9.31. The van der Waals surface area contributed by atoms with E-state index in [1.165, 1.54) is 24.0 Å². The van der Waals surface area contributed by atoms with E-state index in [2.05, 4.69) is 25.5 Å². The standard InChI is InChI=1S/C20H17FN6O3/c1-10-3-4-11(18-25-20(30-26-18)12-6-14(12)21)5-15(10)24-19(28)13-7-23-27-9-17(29-2)22-8-16(13)27/h3-5,7-9,12,14H,6H2,1-2H3,(H,24,28)/t12-,14-/m0/s1. The molecule has 0 saturated heterocycles. The molecule has 0 unspecified atom stereocenters. The lowest BCUT2D eigenvalue weighted by atomic mass is 10.1. The first kappa shape index (κ1) is 18.2. The van der Waals surface area contributed by atoms with Gasteiger partial charge in [0.1, 0.15) is 6.17 Å². The van der Waals surface area contributed by atoms with E-state index in [9.17, 15) is 9.18 Å². The van der Waals surface area contributed by atoms with Gasteiger partial charge < -0.3 is 14.6 Å². The minimum atomic E-state index is -0.911. The summed E-state index contributed by atoms with van der Waals surface area (Å²) >= 11 is 0. The molecule has 30 heavy (non-hydrogen) atoms. The molecule has 1 amide bonds. The number of carbonyl (C=O) groups excluding carboxylic acids is 1. The number of fused-ring (bicyclic) bond motifs is 1. The molecule has 1 N–H and O–H groups in total. The number of benzene rings is 1. The van der Waals surface area contributed by atoms with Crippen LogP contribution in [0.5, 0.6) is 5.88 Å². The van der Waals surface area contributed by atoms with Gasteiger partial charge in [-0.2, -0.15) is 10.1 Å². The maximum atomic E-state index is 13.2. The molecule has 9 nitrogen and oxygen atoms in total. The van der Waals surface area contributed by atoms with Gasteiger partial charge in [0.2, 0.25) is 17.6 Å². The van der Waals surface area contributed by atoms with Crippen molar-refractivity contribution in [2.45, 2.75) is 25.4 Å². The molecule has 1 aromatic carbocycles. The molecule has 1 aliphatic rings. The Bertz CT molecular complexity index is 1270. The second-order valence-corrected chi connectivity index (χ2v) is 7.12. The van der Waals surface area contributed by atoms with Crippen molar-refractivity contribution < 1.29 is 18.4 Å². The average molecular weight is 408 g/mol. The summed E-state index contributed by atoms with van der Waals surface area (Å²) in [4.78, 5) is 21.3. The van der Waals surface area contributed by atoms with Crippen molar-refractivity contribution in [2.75, 3.05) is 12.4 Å². The summed E-state index contributed by atoms with van der Waals surface area (Å²) in [7, 11) is 1.51. The van der Waals surface area contributed by atoms with Crippen LogP contribution in [0.3, 0.4) is 0 Å².